The van der Waals surface area contributed by atoms with E-state index in [1.807, 2.05) is 30.0 Å². The third kappa shape index (κ3) is 5.81. The van der Waals surface area contributed by atoms with Crippen molar-refractivity contribution in [3.63, 3.8) is 0 Å². The second-order valence-corrected chi connectivity index (χ2v) is 5.81. The number of methoxy groups -OCH3 is 1. The fourth-order valence-electron chi connectivity index (χ4n) is 2.72. The van der Waals surface area contributed by atoms with Crippen molar-refractivity contribution in [2.45, 2.75) is 26.2 Å². The van der Waals surface area contributed by atoms with Crippen LogP contribution in [0.4, 0.5) is 0 Å². The molecule has 6 heteroatoms. The van der Waals surface area contributed by atoms with Gasteiger partial charge in [-0.1, -0.05) is 6.07 Å². The Morgan fingerprint density at radius 1 is 1.36 bits per heavy atom. The van der Waals surface area contributed by atoms with Crippen molar-refractivity contribution in [3.8, 4) is 11.5 Å². The predicted molar refractivity (Wildman–Crippen MR) is 96.6 cm³/mol. The standard InChI is InChI=1S/C19H26N2O4/c1-3-25-17-14-15(7-9-16(17)24-2)8-10-18(22)20-11-5-13-21-12-4-6-19(21)23/h7-10,14H,3-6,11-13H2,1-2H3,(H,20,22)/b10-8+. The predicted octanol–water partition coefficient (Wildman–Crippen LogP) is 2.24. The van der Waals surface area contributed by atoms with Gasteiger partial charge in [0.1, 0.15) is 0 Å². The van der Waals surface area contributed by atoms with Crippen LogP contribution in [-0.2, 0) is 9.59 Å². The molecule has 0 saturated carbocycles. The van der Waals surface area contributed by atoms with E-state index in [0.29, 0.717) is 37.6 Å². The Morgan fingerprint density at radius 2 is 2.20 bits per heavy atom. The number of ether oxygens (including phenoxy) is 2. The van der Waals surface area contributed by atoms with Gasteiger partial charge in [0, 0.05) is 32.1 Å². The minimum atomic E-state index is -0.151. The minimum Gasteiger partial charge on any atom is -0.493 e. The minimum absolute atomic E-state index is 0.151. The summed E-state index contributed by atoms with van der Waals surface area (Å²) < 4.78 is 10.8. The largest absolute Gasteiger partial charge is 0.493 e. The summed E-state index contributed by atoms with van der Waals surface area (Å²) in [7, 11) is 1.59. The Labute approximate surface area is 148 Å². The molecule has 2 amide bonds. The molecule has 0 aromatic heterocycles. The number of rotatable bonds is 9. The highest BCUT2D eigenvalue weighted by Crippen LogP contribution is 2.28. The molecule has 1 heterocycles. The van der Waals surface area contributed by atoms with E-state index in [9.17, 15) is 9.59 Å². The molecule has 0 radical (unpaired) electrons. The molecule has 0 unspecified atom stereocenters. The Balaban J connectivity index is 1.77. The molecule has 0 spiro atoms. The van der Waals surface area contributed by atoms with E-state index in [1.165, 1.54) is 6.08 Å². The third-order valence-corrected chi connectivity index (χ3v) is 3.99. The van der Waals surface area contributed by atoms with E-state index < -0.39 is 0 Å². The maximum absolute atomic E-state index is 11.9. The first-order valence-electron chi connectivity index (χ1n) is 8.68. The summed E-state index contributed by atoms with van der Waals surface area (Å²) in [5, 5.41) is 2.83. The Kier molecular flexibility index (Phi) is 7.32. The van der Waals surface area contributed by atoms with E-state index in [2.05, 4.69) is 5.32 Å². The first-order chi connectivity index (χ1) is 12.1. The number of nitrogens with zero attached hydrogens (tertiary/aromatic N) is 1. The van der Waals surface area contributed by atoms with Crippen molar-refractivity contribution < 1.29 is 19.1 Å². The fourth-order valence-corrected chi connectivity index (χ4v) is 2.72. The maximum Gasteiger partial charge on any atom is 0.244 e. The van der Waals surface area contributed by atoms with Crippen LogP contribution >= 0.6 is 0 Å². The summed E-state index contributed by atoms with van der Waals surface area (Å²) in [5.41, 5.74) is 0.863. The van der Waals surface area contributed by atoms with Crippen LogP contribution in [0.3, 0.4) is 0 Å². The zero-order valence-corrected chi connectivity index (χ0v) is 14.9. The highest BCUT2D eigenvalue weighted by atomic mass is 16.5. The number of benzene rings is 1. The van der Waals surface area contributed by atoms with E-state index in [-0.39, 0.29) is 11.8 Å². The molecular formula is C19H26N2O4. The van der Waals surface area contributed by atoms with Crippen LogP contribution in [0, 0.1) is 0 Å². The lowest BCUT2D eigenvalue weighted by atomic mass is 10.2. The molecule has 0 atom stereocenters. The summed E-state index contributed by atoms with van der Waals surface area (Å²) in [6.07, 6.45) is 5.60. The lowest BCUT2D eigenvalue weighted by Crippen LogP contribution is -2.29. The molecular weight excluding hydrogens is 320 g/mol. The molecule has 136 valence electrons. The monoisotopic (exact) mass is 346 g/mol. The Bertz CT molecular complexity index is 628. The first-order valence-corrected chi connectivity index (χ1v) is 8.68. The number of hydrogen-bond acceptors (Lipinski definition) is 4. The van der Waals surface area contributed by atoms with Crippen LogP contribution in [0.15, 0.2) is 24.3 Å². The van der Waals surface area contributed by atoms with Crippen LogP contribution in [-0.4, -0.2) is 50.1 Å². The molecule has 1 fully saturated rings. The van der Waals surface area contributed by atoms with Crippen molar-refractivity contribution in [1.82, 2.24) is 10.2 Å². The SMILES string of the molecule is CCOc1cc(/C=C/C(=O)NCCCN2CCCC2=O)ccc1OC. The molecule has 6 nitrogen and oxygen atoms in total. The van der Waals surface area contributed by atoms with Gasteiger partial charge >= 0.3 is 0 Å². The van der Waals surface area contributed by atoms with Crippen LogP contribution in [0.1, 0.15) is 31.7 Å². The van der Waals surface area contributed by atoms with Crippen LogP contribution < -0.4 is 14.8 Å². The van der Waals surface area contributed by atoms with Gasteiger partial charge in [-0.3, -0.25) is 9.59 Å². The lowest BCUT2D eigenvalue weighted by molar-refractivity contribution is -0.127. The van der Waals surface area contributed by atoms with Crippen molar-refractivity contribution >= 4 is 17.9 Å². The molecule has 0 aliphatic carbocycles. The summed E-state index contributed by atoms with van der Waals surface area (Å²) >= 11 is 0. The highest BCUT2D eigenvalue weighted by molar-refractivity contribution is 5.91. The highest BCUT2D eigenvalue weighted by Gasteiger charge is 2.18. The summed E-state index contributed by atoms with van der Waals surface area (Å²) in [4.78, 5) is 25.2. The zero-order valence-electron chi connectivity index (χ0n) is 14.9. The van der Waals surface area contributed by atoms with Gasteiger partial charge in [-0.2, -0.15) is 0 Å². The molecule has 1 saturated heterocycles. The number of amides is 2. The fraction of sp³-hybridized carbons (Fsp3) is 0.474. The van der Waals surface area contributed by atoms with Crippen molar-refractivity contribution in [1.29, 1.82) is 0 Å². The number of carbonyl (C=O) groups excluding carboxylic acids is 2. The van der Waals surface area contributed by atoms with Gasteiger partial charge in [0.15, 0.2) is 11.5 Å². The van der Waals surface area contributed by atoms with E-state index in [1.54, 1.807) is 13.2 Å². The smallest absolute Gasteiger partial charge is 0.244 e. The lowest BCUT2D eigenvalue weighted by Gasteiger charge is -2.14. The molecule has 1 aromatic carbocycles. The van der Waals surface area contributed by atoms with E-state index >= 15 is 0 Å². The summed E-state index contributed by atoms with van der Waals surface area (Å²) in [6.45, 7) is 4.56. The van der Waals surface area contributed by atoms with Gasteiger partial charge in [0.25, 0.3) is 0 Å². The van der Waals surface area contributed by atoms with Gasteiger partial charge in [-0.15, -0.1) is 0 Å². The number of nitrogens with one attached hydrogen (secondary N) is 1. The van der Waals surface area contributed by atoms with Gasteiger partial charge in [0.2, 0.25) is 11.8 Å². The quantitative estimate of drug-likeness (QED) is 0.550. The summed E-state index contributed by atoms with van der Waals surface area (Å²) in [6, 6.07) is 5.52. The summed E-state index contributed by atoms with van der Waals surface area (Å²) in [5.74, 6) is 1.39. The Morgan fingerprint density at radius 3 is 2.88 bits per heavy atom. The average molecular weight is 346 g/mol. The zero-order chi connectivity index (χ0) is 18.1. The van der Waals surface area contributed by atoms with Crippen LogP contribution in [0.5, 0.6) is 11.5 Å². The van der Waals surface area contributed by atoms with Gasteiger partial charge in [-0.05, 0) is 43.5 Å². The maximum atomic E-state index is 11.9. The van der Waals surface area contributed by atoms with Gasteiger partial charge in [-0.25, -0.2) is 0 Å². The van der Waals surface area contributed by atoms with Crippen molar-refractivity contribution in [2.75, 3.05) is 33.4 Å². The van der Waals surface area contributed by atoms with E-state index in [4.69, 9.17) is 9.47 Å². The first kappa shape index (κ1) is 18.8. The molecule has 1 aromatic rings. The number of carbonyl (C=O) groups is 2. The average Bonchev–Trinajstić information content (AvgIpc) is 3.02. The molecule has 0 bridgehead atoms. The van der Waals surface area contributed by atoms with Crippen LogP contribution in [0.25, 0.3) is 6.08 Å². The van der Waals surface area contributed by atoms with Gasteiger partial charge in [0.05, 0.1) is 13.7 Å². The number of likely N-dealkylation sites (tertiary alicyclic amines) is 1. The number of hydrogen-bond donors (Lipinski definition) is 1. The normalized spacial score (nSPS) is 14.2. The van der Waals surface area contributed by atoms with E-state index in [0.717, 1.165) is 24.9 Å². The molecule has 1 aliphatic rings. The van der Waals surface area contributed by atoms with Gasteiger partial charge < -0.3 is 19.7 Å². The van der Waals surface area contributed by atoms with Crippen molar-refractivity contribution in [3.05, 3.63) is 29.8 Å². The topological polar surface area (TPSA) is 67.9 Å². The molecule has 1 N–H and O–H groups in total. The van der Waals surface area contributed by atoms with Crippen molar-refractivity contribution in [2.24, 2.45) is 0 Å². The molecule has 25 heavy (non-hydrogen) atoms. The second-order valence-electron chi connectivity index (χ2n) is 5.81. The second kappa shape index (κ2) is 9.71. The molecule has 1 aliphatic heterocycles. The van der Waals surface area contributed by atoms with Crippen LogP contribution in [0.2, 0.25) is 0 Å². The Hall–Kier alpha value is -2.50. The third-order valence-electron chi connectivity index (χ3n) is 3.99. The molecule has 2 rings (SSSR count).